The molecule has 0 fully saturated rings. The van der Waals surface area contributed by atoms with Crippen LogP contribution in [0, 0.1) is 0 Å². The van der Waals surface area contributed by atoms with Crippen molar-refractivity contribution >= 4 is 27.1 Å². The Morgan fingerprint density at radius 1 is 1.17 bits per heavy atom. The van der Waals surface area contributed by atoms with Crippen molar-refractivity contribution in [1.29, 1.82) is 0 Å². The third kappa shape index (κ3) is 3.12. The second-order valence-corrected chi connectivity index (χ2v) is 8.12. The molecule has 0 saturated heterocycles. The van der Waals surface area contributed by atoms with Gasteiger partial charge in [-0.05, 0) is 35.7 Å². The predicted octanol–water partition coefficient (Wildman–Crippen LogP) is 2.63. The number of nitrogens with one attached hydrogen (secondary N) is 1. The summed E-state index contributed by atoms with van der Waals surface area (Å²) in [6.45, 7) is 0. The Hall–Kier alpha value is -2.03. The first-order valence-electron chi connectivity index (χ1n) is 7.17. The summed E-state index contributed by atoms with van der Waals surface area (Å²) in [7, 11) is -0.289. The highest BCUT2D eigenvalue weighted by Gasteiger charge is 2.34. The third-order valence-electron chi connectivity index (χ3n) is 3.69. The van der Waals surface area contributed by atoms with Crippen LogP contribution in [0.2, 0.25) is 0 Å². The maximum absolute atomic E-state index is 12.1. The molecular formula is C16H18N2O4S2. The van der Waals surface area contributed by atoms with Gasteiger partial charge in [-0.1, -0.05) is 6.07 Å². The molecule has 8 heteroatoms. The lowest BCUT2D eigenvalue weighted by Crippen LogP contribution is -2.38. The van der Waals surface area contributed by atoms with Gasteiger partial charge in [0.25, 0.3) is 0 Å². The zero-order chi connectivity index (χ0) is 17.3. The van der Waals surface area contributed by atoms with Crippen LogP contribution < -0.4 is 14.9 Å². The van der Waals surface area contributed by atoms with Crippen LogP contribution in [-0.4, -0.2) is 33.3 Å². The molecule has 0 amide bonds. The fraction of sp³-hybridized carbons (Fsp3) is 0.250. The lowest BCUT2D eigenvalue weighted by Gasteiger charge is -2.21. The van der Waals surface area contributed by atoms with Crippen LogP contribution in [0.5, 0.6) is 11.5 Å². The Morgan fingerprint density at radius 2 is 1.92 bits per heavy atom. The first kappa shape index (κ1) is 16.8. The van der Waals surface area contributed by atoms with Crippen LogP contribution in [0.3, 0.4) is 0 Å². The predicted molar refractivity (Wildman–Crippen MR) is 94.4 cm³/mol. The SMILES string of the molecule is COc1ccc(C2=C[C@@H](c3cccs3)N(S(C)(=O)=O)N2)cc1OC. The molecule has 0 bridgehead atoms. The summed E-state index contributed by atoms with van der Waals surface area (Å²) in [6.07, 6.45) is 3.08. The number of benzene rings is 1. The number of sulfonamides is 1. The minimum atomic E-state index is -3.43. The fourth-order valence-electron chi connectivity index (χ4n) is 2.56. The molecule has 0 unspecified atom stereocenters. The number of methoxy groups -OCH3 is 2. The van der Waals surface area contributed by atoms with Gasteiger partial charge in [-0.2, -0.15) is 0 Å². The normalized spacial score (nSPS) is 18.1. The summed E-state index contributed by atoms with van der Waals surface area (Å²) in [6, 6.07) is 8.92. The molecule has 0 radical (unpaired) electrons. The first-order chi connectivity index (χ1) is 11.4. The van der Waals surface area contributed by atoms with Crippen LogP contribution in [0.4, 0.5) is 0 Å². The second kappa shape index (κ2) is 6.46. The van der Waals surface area contributed by atoms with E-state index in [1.807, 2.05) is 35.7 Å². The van der Waals surface area contributed by atoms with Gasteiger partial charge in [-0.15, -0.1) is 15.8 Å². The average molecular weight is 366 g/mol. The van der Waals surface area contributed by atoms with Crippen LogP contribution in [-0.2, 0) is 10.0 Å². The van der Waals surface area contributed by atoms with Crippen molar-refractivity contribution in [3.05, 3.63) is 52.2 Å². The molecule has 1 aromatic carbocycles. The highest BCUT2D eigenvalue weighted by Crippen LogP contribution is 2.37. The molecular weight excluding hydrogens is 348 g/mol. The third-order valence-corrected chi connectivity index (χ3v) is 5.67. The summed E-state index contributed by atoms with van der Waals surface area (Å²) >= 11 is 1.52. The number of hydrogen-bond donors (Lipinski definition) is 1. The lowest BCUT2D eigenvalue weighted by molar-refractivity contribution is 0.352. The summed E-state index contributed by atoms with van der Waals surface area (Å²) in [5.41, 5.74) is 4.52. The summed E-state index contributed by atoms with van der Waals surface area (Å²) in [5.74, 6) is 1.21. The van der Waals surface area contributed by atoms with Crippen LogP contribution in [0.1, 0.15) is 16.5 Å². The molecule has 1 atom stereocenters. The van der Waals surface area contributed by atoms with Crippen molar-refractivity contribution < 1.29 is 17.9 Å². The minimum absolute atomic E-state index is 0.372. The van der Waals surface area contributed by atoms with E-state index in [0.29, 0.717) is 17.2 Å². The van der Waals surface area contributed by atoms with Crippen LogP contribution >= 0.6 is 11.3 Å². The number of hydrazine groups is 1. The van der Waals surface area contributed by atoms with Gasteiger partial charge in [0, 0.05) is 10.4 Å². The number of ether oxygens (including phenoxy) is 2. The quantitative estimate of drug-likeness (QED) is 0.881. The Balaban J connectivity index is 2.01. The molecule has 2 aromatic rings. The molecule has 0 saturated carbocycles. The first-order valence-corrected chi connectivity index (χ1v) is 9.90. The zero-order valence-electron chi connectivity index (χ0n) is 13.5. The van der Waals surface area contributed by atoms with Gasteiger partial charge in [-0.25, -0.2) is 8.42 Å². The Labute approximate surface area is 145 Å². The van der Waals surface area contributed by atoms with Crippen LogP contribution in [0.15, 0.2) is 41.8 Å². The van der Waals surface area contributed by atoms with Gasteiger partial charge < -0.3 is 14.9 Å². The summed E-state index contributed by atoms with van der Waals surface area (Å²) < 4.78 is 36.1. The van der Waals surface area contributed by atoms with Crippen molar-refractivity contribution in [2.75, 3.05) is 20.5 Å². The second-order valence-electron chi connectivity index (χ2n) is 5.28. The Kier molecular flexibility index (Phi) is 4.53. The van der Waals surface area contributed by atoms with E-state index in [4.69, 9.17) is 9.47 Å². The maximum atomic E-state index is 12.1. The monoisotopic (exact) mass is 366 g/mol. The molecule has 6 nitrogen and oxygen atoms in total. The van der Waals surface area contributed by atoms with E-state index in [1.54, 1.807) is 20.3 Å². The lowest BCUT2D eigenvalue weighted by atomic mass is 10.1. The molecule has 2 heterocycles. The van der Waals surface area contributed by atoms with Crippen molar-refractivity contribution in [2.45, 2.75) is 6.04 Å². The van der Waals surface area contributed by atoms with Crippen LogP contribution in [0.25, 0.3) is 5.70 Å². The van der Waals surface area contributed by atoms with E-state index < -0.39 is 10.0 Å². The van der Waals surface area contributed by atoms with E-state index in [0.717, 1.165) is 10.4 Å². The molecule has 1 aliphatic rings. The smallest absolute Gasteiger partial charge is 0.228 e. The van der Waals surface area contributed by atoms with Gasteiger partial charge >= 0.3 is 0 Å². The standard InChI is InChI=1S/C16H18N2O4S2/c1-21-14-7-6-11(9-15(14)22-2)12-10-13(16-5-4-8-23-16)18(17-12)24(3,19)20/h4-10,13,17H,1-3H3/t13-/m0/s1. The van der Waals surface area contributed by atoms with Crippen molar-refractivity contribution in [3.63, 3.8) is 0 Å². The molecule has 128 valence electrons. The van der Waals surface area contributed by atoms with Crippen molar-refractivity contribution in [2.24, 2.45) is 0 Å². The minimum Gasteiger partial charge on any atom is -0.493 e. The summed E-state index contributed by atoms with van der Waals surface area (Å²) in [5, 5.41) is 1.93. The van der Waals surface area contributed by atoms with Gasteiger partial charge in [0.1, 0.15) is 0 Å². The van der Waals surface area contributed by atoms with Gasteiger partial charge in [0.2, 0.25) is 10.0 Å². The zero-order valence-corrected chi connectivity index (χ0v) is 15.1. The number of nitrogens with zero attached hydrogens (tertiary/aromatic N) is 1. The molecule has 0 aliphatic carbocycles. The van der Waals surface area contributed by atoms with Crippen molar-refractivity contribution in [1.82, 2.24) is 9.84 Å². The molecule has 1 aliphatic heterocycles. The molecule has 1 aromatic heterocycles. The highest BCUT2D eigenvalue weighted by molar-refractivity contribution is 7.88. The van der Waals surface area contributed by atoms with Gasteiger partial charge in [-0.3, -0.25) is 0 Å². The van der Waals surface area contributed by atoms with E-state index >= 15 is 0 Å². The molecule has 0 spiro atoms. The van der Waals surface area contributed by atoms with Gasteiger partial charge in [0.05, 0.1) is 32.2 Å². The fourth-order valence-corrected chi connectivity index (χ4v) is 4.26. The highest BCUT2D eigenvalue weighted by atomic mass is 32.2. The molecule has 1 N–H and O–H groups in total. The van der Waals surface area contributed by atoms with Gasteiger partial charge in [0.15, 0.2) is 11.5 Å². The Bertz CT molecular complexity index is 860. The maximum Gasteiger partial charge on any atom is 0.228 e. The Morgan fingerprint density at radius 3 is 2.50 bits per heavy atom. The topological polar surface area (TPSA) is 67.9 Å². The largest absolute Gasteiger partial charge is 0.493 e. The van der Waals surface area contributed by atoms with E-state index in [1.165, 1.54) is 22.0 Å². The summed E-state index contributed by atoms with van der Waals surface area (Å²) in [4.78, 5) is 0.948. The van der Waals surface area contributed by atoms with Crippen molar-refractivity contribution in [3.8, 4) is 11.5 Å². The molecule has 3 rings (SSSR count). The molecule has 24 heavy (non-hydrogen) atoms. The number of rotatable bonds is 5. The number of hydrogen-bond acceptors (Lipinski definition) is 6. The number of thiophene rings is 1. The average Bonchev–Trinajstić information content (AvgIpc) is 3.22. The van der Waals surface area contributed by atoms with E-state index in [2.05, 4.69) is 5.43 Å². The van der Waals surface area contributed by atoms with E-state index in [-0.39, 0.29) is 6.04 Å². The van der Waals surface area contributed by atoms with E-state index in [9.17, 15) is 8.42 Å².